The van der Waals surface area contributed by atoms with Gasteiger partial charge in [-0.1, -0.05) is 6.07 Å². The second-order valence-corrected chi connectivity index (χ2v) is 9.46. The molecular weight excluding hydrogens is 430 g/mol. The van der Waals surface area contributed by atoms with Crippen molar-refractivity contribution in [2.45, 2.75) is 36.1 Å². The van der Waals surface area contributed by atoms with Crippen LogP contribution in [0.5, 0.6) is 0 Å². The highest BCUT2D eigenvalue weighted by Crippen LogP contribution is 2.42. The largest absolute Gasteiger partial charge is 0.328 e. The van der Waals surface area contributed by atoms with Gasteiger partial charge < -0.3 is 11.1 Å². The lowest BCUT2D eigenvalue weighted by molar-refractivity contribution is 0.102. The summed E-state index contributed by atoms with van der Waals surface area (Å²) in [5, 5.41) is 2.87. The quantitative estimate of drug-likeness (QED) is 0.502. The number of anilines is 1. The number of thioether (sulfide) groups is 1. The summed E-state index contributed by atoms with van der Waals surface area (Å²) in [6.45, 7) is 0. The van der Waals surface area contributed by atoms with Crippen LogP contribution in [-0.4, -0.2) is 27.7 Å². The summed E-state index contributed by atoms with van der Waals surface area (Å²) >= 11 is 1.48. The van der Waals surface area contributed by atoms with E-state index in [1.807, 2.05) is 6.07 Å². The summed E-state index contributed by atoms with van der Waals surface area (Å²) in [6, 6.07) is 9.07. The number of benzene rings is 1. The molecule has 164 valence electrons. The first kappa shape index (κ1) is 21.0. The van der Waals surface area contributed by atoms with E-state index in [9.17, 15) is 13.6 Å². The third kappa shape index (κ3) is 4.00. The van der Waals surface area contributed by atoms with Gasteiger partial charge in [-0.2, -0.15) is 0 Å². The number of fused-ring (bicyclic) bond motifs is 8. The number of nitrogens with one attached hydrogen (secondary N) is 1. The Labute approximate surface area is 188 Å². The lowest BCUT2D eigenvalue weighted by Crippen LogP contribution is -2.33. The summed E-state index contributed by atoms with van der Waals surface area (Å²) in [5.41, 5.74) is 7.91. The van der Waals surface area contributed by atoms with Gasteiger partial charge in [0.25, 0.3) is 5.91 Å². The van der Waals surface area contributed by atoms with Crippen LogP contribution >= 0.6 is 11.8 Å². The Morgan fingerprint density at radius 2 is 1.94 bits per heavy atom. The Hall–Kier alpha value is -2.84. The number of nitrogens with zero attached hydrogens (tertiary/aromatic N) is 2. The monoisotopic (exact) mass is 452 g/mol. The van der Waals surface area contributed by atoms with Gasteiger partial charge >= 0.3 is 0 Å². The summed E-state index contributed by atoms with van der Waals surface area (Å²) in [4.78, 5) is 22.0. The number of hydrogen-bond acceptors (Lipinski definition) is 5. The Kier molecular flexibility index (Phi) is 5.65. The van der Waals surface area contributed by atoms with E-state index in [4.69, 9.17) is 5.73 Å². The number of pyridine rings is 2. The first-order chi connectivity index (χ1) is 15.5. The van der Waals surface area contributed by atoms with Crippen molar-refractivity contribution >= 4 is 23.4 Å². The third-order valence-electron chi connectivity index (χ3n) is 6.15. The van der Waals surface area contributed by atoms with Gasteiger partial charge in [0.05, 0.1) is 17.4 Å². The van der Waals surface area contributed by atoms with Gasteiger partial charge in [0.1, 0.15) is 23.0 Å². The van der Waals surface area contributed by atoms with Gasteiger partial charge in [0.15, 0.2) is 0 Å². The molecule has 32 heavy (non-hydrogen) atoms. The topological polar surface area (TPSA) is 80.9 Å². The molecule has 0 unspecified atom stereocenters. The van der Waals surface area contributed by atoms with Crippen LogP contribution in [0.15, 0.2) is 53.7 Å². The van der Waals surface area contributed by atoms with Gasteiger partial charge in [-0.25, -0.2) is 13.8 Å². The standard InChI is InChI=1S/C24H22F2N4OS/c25-17-2-1-3-21-22(17)23-18(26)4-5-19(29-23)24(31)30-20-11-28-7-6-16(20)14-8-13(12-32-21)9-15(27)10-14/h1-7,11,13-15H,8-10,12,27H2,(H,30,31)/t13-,14+,15-/m0/s1. The molecule has 0 radical (unpaired) electrons. The smallest absolute Gasteiger partial charge is 0.274 e. The molecule has 1 fully saturated rings. The molecule has 5 rings (SSSR count). The second kappa shape index (κ2) is 8.60. The Morgan fingerprint density at radius 3 is 2.81 bits per heavy atom. The number of nitrogens with two attached hydrogens (primary N) is 1. The minimum Gasteiger partial charge on any atom is -0.328 e. The number of hydrogen-bond donors (Lipinski definition) is 2. The van der Waals surface area contributed by atoms with E-state index in [0.717, 1.165) is 36.6 Å². The van der Waals surface area contributed by atoms with E-state index < -0.39 is 17.5 Å². The summed E-state index contributed by atoms with van der Waals surface area (Å²) in [7, 11) is 0. The molecule has 3 N–H and O–H groups in total. The van der Waals surface area contributed by atoms with Crippen molar-refractivity contribution < 1.29 is 13.6 Å². The van der Waals surface area contributed by atoms with Crippen LogP contribution in [0, 0.1) is 17.6 Å². The molecule has 1 aliphatic heterocycles. The molecule has 2 aromatic heterocycles. The van der Waals surface area contributed by atoms with E-state index in [2.05, 4.69) is 15.3 Å². The van der Waals surface area contributed by atoms with E-state index >= 15 is 0 Å². The normalized spacial score (nSPS) is 22.8. The van der Waals surface area contributed by atoms with Crippen LogP contribution in [0.25, 0.3) is 11.3 Å². The third-order valence-corrected chi connectivity index (χ3v) is 7.44. The number of carbonyl (C=O) groups is 1. The second-order valence-electron chi connectivity index (χ2n) is 8.40. The van der Waals surface area contributed by atoms with E-state index in [1.165, 1.54) is 23.9 Å². The summed E-state index contributed by atoms with van der Waals surface area (Å²) < 4.78 is 29.6. The number of carbonyl (C=O) groups excluding carboxylic acids is 1. The molecular formula is C24H22F2N4OS. The van der Waals surface area contributed by atoms with Gasteiger partial charge in [0.2, 0.25) is 0 Å². The van der Waals surface area contributed by atoms with Crippen molar-refractivity contribution in [1.29, 1.82) is 0 Å². The average Bonchev–Trinajstić information content (AvgIpc) is 2.78. The molecule has 1 saturated carbocycles. The van der Waals surface area contributed by atoms with Crippen LogP contribution in [0.1, 0.15) is 41.2 Å². The Bertz CT molecular complexity index is 1190. The van der Waals surface area contributed by atoms with E-state index in [-0.39, 0.29) is 28.9 Å². The predicted octanol–water partition coefficient (Wildman–Crippen LogP) is 4.99. The first-order valence-electron chi connectivity index (χ1n) is 10.6. The van der Waals surface area contributed by atoms with Crippen LogP contribution < -0.4 is 11.1 Å². The zero-order valence-corrected chi connectivity index (χ0v) is 18.0. The molecule has 1 amide bonds. The van der Waals surface area contributed by atoms with Crippen molar-refractivity contribution in [1.82, 2.24) is 9.97 Å². The Morgan fingerprint density at radius 1 is 1.06 bits per heavy atom. The molecule has 0 saturated heterocycles. The lowest BCUT2D eigenvalue weighted by atomic mass is 9.76. The van der Waals surface area contributed by atoms with Crippen molar-refractivity contribution in [2.24, 2.45) is 11.7 Å². The zero-order valence-electron chi connectivity index (χ0n) is 17.2. The minimum atomic E-state index is -0.678. The first-order valence-corrected chi connectivity index (χ1v) is 11.6. The maximum Gasteiger partial charge on any atom is 0.274 e. The van der Waals surface area contributed by atoms with Gasteiger partial charge in [-0.15, -0.1) is 11.8 Å². The molecule has 3 atom stereocenters. The van der Waals surface area contributed by atoms with E-state index in [0.29, 0.717) is 16.5 Å². The average molecular weight is 453 g/mol. The highest BCUT2D eigenvalue weighted by Gasteiger charge is 2.31. The highest BCUT2D eigenvalue weighted by molar-refractivity contribution is 7.99. The highest BCUT2D eigenvalue weighted by atomic mass is 32.2. The predicted molar refractivity (Wildman–Crippen MR) is 121 cm³/mol. The zero-order chi connectivity index (χ0) is 22.2. The van der Waals surface area contributed by atoms with Crippen LogP contribution in [-0.2, 0) is 0 Å². The molecule has 5 nitrogen and oxygen atoms in total. The minimum absolute atomic E-state index is 0.00527. The molecule has 1 aromatic carbocycles. The van der Waals surface area contributed by atoms with Crippen LogP contribution in [0.2, 0.25) is 0 Å². The van der Waals surface area contributed by atoms with Crippen molar-refractivity contribution in [3.05, 3.63) is 71.7 Å². The fourth-order valence-corrected chi connectivity index (χ4v) is 5.93. The maximum absolute atomic E-state index is 14.9. The van der Waals surface area contributed by atoms with Crippen molar-refractivity contribution in [3.8, 4) is 11.3 Å². The maximum atomic E-state index is 14.9. The summed E-state index contributed by atoms with van der Waals surface area (Å²) in [6.07, 6.45) is 5.91. The van der Waals surface area contributed by atoms with Crippen molar-refractivity contribution in [2.75, 3.05) is 11.1 Å². The molecule has 8 heteroatoms. The molecule has 0 spiro atoms. The van der Waals surface area contributed by atoms with E-state index in [1.54, 1.807) is 24.5 Å². The molecule has 3 heterocycles. The molecule has 3 aromatic rings. The van der Waals surface area contributed by atoms with Crippen LogP contribution in [0.4, 0.5) is 14.5 Å². The fourth-order valence-electron chi connectivity index (χ4n) is 4.73. The Balaban J connectivity index is 1.66. The number of amides is 1. The lowest BCUT2D eigenvalue weighted by Gasteiger charge is -2.34. The number of aromatic nitrogens is 2. The molecule has 2 aliphatic rings. The number of rotatable bonds is 0. The molecule has 1 aliphatic carbocycles. The fraction of sp³-hybridized carbons (Fsp3) is 0.292. The van der Waals surface area contributed by atoms with Gasteiger partial charge in [0, 0.05) is 22.9 Å². The SMILES string of the molecule is N[C@H]1C[C@H]2CSc3cccc(F)c3-c3nc(ccc3F)C(=O)Nc3cnccc3[C@@H](C1)C2. The number of halogens is 2. The van der Waals surface area contributed by atoms with Gasteiger partial charge in [-0.05, 0) is 67.0 Å². The van der Waals surface area contributed by atoms with Gasteiger partial charge in [-0.3, -0.25) is 9.78 Å². The van der Waals surface area contributed by atoms with Crippen molar-refractivity contribution in [3.63, 3.8) is 0 Å². The van der Waals surface area contributed by atoms with Crippen LogP contribution in [0.3, 0.4) is 0 Å². The molecule has 4 bridgehead atoms. The summed E-state index contributed by atoms with van der Waals surface area (Å²) in [5.74, 6) is -0.543.